The number of nitro benzene ring substituents is 1. The highest BCUT2D eigenvalue weighted by atomic mass is 35.5. The van der Waals surface area contributed by atoms with E-state index in [1.54, 1.807) is 0 Å². The Balaban J connectivity index is 2.60. The molecule has 0 aromatic heterocycles. The molecule has 20 heavy (non-hydrogen) atoms. The number of ether oxygens (including phenoxy) is 1. The second-order valence-electron chi connectivity index (χ2n) is 5.12. The van der Waals surface area contributed by atoms with Crippen LogP contribution >= 0.6 is 11.6 Å². The Hall–Kier alpha value is -1.82. The summed E-state index contributed by atoms with van der Waals surface area (Å²) >= 11 is 5.80. The zero-order valence-corrected chi connectivity index (χ0v) is 12.2. The van der Waals surface area contributed by atoms with Gasteiger partial charge in [-0.3, -0.25) is 15.5 Å². The van der Waals surface area contributed by atoms with E-state index in [1.807, 2.05) is 13.8 Å². The van der Waals surface area contributed by atoms with E-state index in [4.69, 9.17) is 27.5 Å². The van der Waals surface area contributed by atoms with Gasteiger partial charge in [0, 0.05) is 22.6 Å². The van der Waals surface area contributed by atoms with Crippen LogP contribution in [-0.2, 0) is 0 Å². The van der Waals surface area contributed by atoms with Crippen LogP contribution in [0.1, 0.15) is 26.7 Å². The van der Waals surface area contributed by atoms with E-state index >= 15 is 0 Å². The van der Waals surface area contributed by atoms with E-state index in [1.165, 1.54) is 18.2 Å². The monoisotopic (exact) mass is 299 g/mol. The summed E-state index contributed by atoms with van der Waals surface area (Å²) in [6, 6.07) is 4.19. The van der Waals surface area contributed by atoms with E-state index in [2.05, 4.69) is 0 Å². The Labute approximate surface area is 122 Å². The molecule has 0 radical (unpaired) electrons. The normalized spacial score (nSPS) is 11.2. The van der Waals surface area contributed by atoms with Gasteiger partial charge in [-0.15, -0.1) is 0 Å². The van der Waals surface area contributed by atoms with Gasteiger partial charge in [0.2, 0.25) is 0 Å². The number of benzene rings is 1. The lowest BCUT2D eigenvalue weighted by atomic mass is 9.87. The molecule has 0 spiro atoms. The third-order valence-corrected chi connectivity index (χ3v) is 3.29. The molecule has 7 heteroatoms. The molecule has 0 heterocycles. The molecule has 0 saturated carbocycles. The van der Waals surface area contributed by atoms with Crippen LogP contribution in [0.15, 0.2) is 18.2 Å². The first kappa shape index (κ1) is 16.2. The topological polar surface area (TPSA) is 102 Å². The van der Waals surface area contributed by atoms with Crippen LogP contribution in [0, 0.1) is 20.9 Å². The lowest BCUT2D eigenvalue weighted by molar-refractivity contribution is -0.385. The van der Waals surface area contributed by atoms with Crippen LogP contribution in [0.4, 0.5) is 5.69 Å². The number of nitrogens with zero attached hydrogens (tertiary/aromatic N) is 1. The van der Waals surface area contributed by atoms with Crippen LogP contribution in [0.5, 0.6) is 5.75 Å². The van der Waals surface area contributed by atoms with Gasteiger partial charge in [-0.1, -0.05) is 25.4 Å². The quantitative estimate of drug-likeness (QED) is 0.265. The van der Waals surface area contributed by atoms with E-state index < -0.39 is 10.3 Å². The Morgan fingerprint density at radius 3 is 2.75 bits per heavy atom. The number of rotatable bonds is 7. The smallest absolute Gasteiger partial charge is 0.311 e. The summed E-state index contributed by atoms with van der Waals surface area (Å²) in [7, 11) is 0. The number of hydrogen-bond donors (Lipinski definition) is 2. The predicted octanol–water partition coefficient (Wildman–Crippen LogP) is 3.37. The zero-order chi connectivity index (χ0) is 15.3. The molecule has 1 aromatic rings. The van der Waals surface area contributed by atoms with Gasteiger partial charge in [0.15, 0.2) is 5.75 Å². The highest BCUT2D eigenvalue weighted by Gasteiger charge is 2.21. The number of nitrogens with one attached hydrogen (secondary N) is 1. The standard InChI is InChI=1S/C13H18ClN3O3/c1-13(2,12(15)16)6-3-7-20-11-8-9(14)4-5-10(11)17(18)19/h4-5,8H,3,6-7H2,1-2H3,(H3,15,16). The first-order valence-corrected chi connectivity index (χ1v) is 6.53. The maximum atomic E-state index is 10.9. The average molecular weight is 300 g/mol. The summed E-state index contributed by atoms with van der Waals surface area (Å²) in [4.78, 5) is 10.3. The van der Waals surface area contributed by atoms with Gasteiger partial charge >= 0.3 is 5.69 Å². The maximum Gasteiger partial charge on any atom is 0.311 e. The minimum absolute atomic E-state index is 0.111. The van der Waals surface area contributed by atoms with Crippen molar-refractivity contribution in [3.8, 4) is 5.75 Å². The van der Waals surface area contributed by atoms with Gasteiger partial charge in [-0.2, -0.15) is 0 Å². The van der Waals surface area contributed by atoms with Gasteiger partial charge in [0.1, 0.15) is 0 Å². The fourth-order valence-electron chi connectivity index (χ4n) is 1.59. The first-order chi connectivity index (χ1) is 9.24. The van der Waals surface area contributed by atoms with Crippen molar-refractivity contribution in [1.29, 1.82) is 5.41 Å². The van der Waals surface area contributed by atoms with Crippen molar-refractivity contribution in [2.24, 2.45) is 11.1 Å². The zero-order valence-electron chi connectivity index (χ0n) is 11.5. The molecule has 0 atom stereocenters. The third-order valence-electron chi connectivity index (χ3n) is 3.05. The highest BCUT2D eigenvalue weighted by molar-refractivity contribution is 6.30. The SMILES string of the molecule is CC(C)(CCCOc1cc(Cl)ccc1[N+](=O)[O-])C(=N)N. The lowest BCUT2D eigenvalue weighted by Crippen LogP contribution is -2.31. The molecule has 3 N–H and O–H groups in total. The Kier molecular flexibility index (Phi) is 5.33. The number of amidine groups is 1. The Bertz CT molecular complexity index is 518. The minimum Gasteiger partial charge on any atom is -0.487 e. The fraction of sp³-hybridized carbons (Fsp3) is 0.462. The third kappa shape index (κ3) is 4.38. The second-order valence-corrected chi connectivity index (χ2v) is 5.56. The van der Waals surface area contributed by atoms with Crippen LogP contribution in [0.2, 0.25) is 5.02 Å². The first-order valence-electron chi connectivity index (χ1n) is 6.15. The van der Waals surface area contributed by atoms with Crippen molar-refractivity contribution in [2.75, 3.05) is 6.61 Å². The van der Waals surface area contributed by atoms with Gasteiger partial charge < -0.3 is 10.5 Å². The summed E-state index contributed by atoms with van der Waals surface area (Å²) in [5.74, 6) is 0.273. The molecule has 0 saturated heterocycles. The summed E-state index contributed by atoms with van der Waals surface area (Å²) in [5, 5.41) is 18.7. The van der Waals surface area contributed by atoms with E-state index in [0.29, 0.717) is 24.5 Å². The predicted molar refractivity (Wildman–Crippen MR) is 78.5 cm³/mol. The summed E-state index contributed by atoms with van der Waals surface area (Å²) in [6.45, 7) is 4.05. The van der Waals surface area contributed by atoms with Gasteiger partial charge in [0.05, 0.1) is 17.4 Å². The highest BCUT2D eigenvalue weighted by Crippen LogP contribution is 2.30. The Morgan fingerprint density at radius 1 is 1.55 bits per heavy atom. The van der Waals surface area contributed by atoms with Crippen molar-refractivity contribution >= 4 is 23.1 Å². The summed E-state index contributed by atoms with van der Waals surface area (Å²) in [5.41, 5.74) is 4.97. The van der Waals surface area contributed by atoms with E-state index in [9.17, 15) is 10.1 Å². The molecular formula is C13H18ClN3O3. The van der Waals surface area contributed by atoms with E-state index in [0.717, 1.165) is 0 Å². The molecule has 0 aliphatic heterocycles. The van der Waals surface area contributed by atoms with Crippen molar-refractivity contribution in [3.63, 3.8) is 0 Å². The van der Waals surface area contributed by atoms with Crippen LogP contribution in [0.3, 0.4) is 0 Å². The molecule has 1 aromatic carbocycles. The Morgan fingerprint density at radius 2 is 2.20 bits per heavy atom. The molecule has 0 aliphatic carbocycles. The molecule has 1 rings (SSSR count). The fourth-order valence-corrected chi connectivity index (χ4v) is 1.75. The van der Waals surface area contributed by atoms with E-state index in [-0.39, 0.29) is 17.3 Å². The van der Waals surface area contributed by atoms with Gasteiger partial charge in [-0.05, 0) is 18.9 Å². The maximum absolute atomic E-state index is 10.9. The van der Waals surface area contributed by atoms with Crippen molar-refractivity contribution in [2.45, 2.75) is 26.7 Å². The molecule has 6 nitrogen and oxygen atoms in total. The van der Waals surface area contributed by atoms with Gasteiger partial charge in [-0.25, -0.2) is 0 Å². The molecule has 0 fully saturated rings. The summed E-state index contributed by atoms with van der Waals surface area (Å²) < 4.78 is 5.42. The average Bonchev–Trinajstić information content (AvgIpc) is 2.34. The number of hydrogen-bond acceptors (Lipinski definition) is 4. The van der Waals surface area contributed by atoms with Crippen LogP contribution in [-0.4, -0.2) is 17.4 Å². The van der Waals surface area contributed by atoms with Crippen LogP contribution in [0.25, 0.3) is 0 Å². The molecule has 0 unspecified atom stereocenters. The van der Waals surface area contributed by atoms with Crippen LogP contribution < -0.4 is 10.5 Å². The minimum atomic E-state index is -0.509. The number of nitro groups is 1. The lowest BCUT2D eigenvalue weighted by Gasteiger charge is -2.22. The molecule has 0 bridgehead atoms. The molecular weight excluding hydrogens is 282 g/mol. The largest absolute Gasteiger partial charge is 0.487 e. The van der Waals surface area contributed by atoms with Crippen molar-refractivity contribution < 1.29 is 9.66 Å². The van der Waals surface area contributed by atoms with Gasteiger partial charge in [0.25, 0.3) is 0 Å². The molecule has 0 amide bonds. The number of nitrogens with two attached hydrogens (primary N) is 1. The van der Waals surface area contributed by atoms with Crippen molar-refractivity contribution in [3.05, 3.63) is 33.3 Å². The second kappa shape index (κ2) is 6.56. The molecule has 0 aliphatic rings. The number of halogens is 1. The van der Waals surface area contributed by atoms with Crippen molar-refractivity contribution in [1.82, 2.24) is 0 Å². The molecule has 110 valence electrons. The summed E-state index contributed by atoms with van der Waals surface area (Å²) in [6.07, 6.45) is 1.30.